The van der Waals surface area contributed by atoms with E-state index in [4.69, 9.17) is 11.5 Å². The van der Waals surface area contributed by atoms with E-state index in [1.807, 2.05) is 6.92 Å². The molecule has 2 atom stereocenters. The van der Waals surface area contributed by atoms with Gasteiger partial charge >= 0.3 is 0 Å². The van der Waals surface area contributed by atoms with Crippen molar-refractivity contribution >= 4 is 22.6 Å². The third kappa shape index (κ3) is 4.62. The van der Waals surface area contributed by atoms with E-state index in [-0.39, 0.29) is 17.7 Å². The monoisotopic (exact) mass is 333 g/mol. The number of aliphatic imine (C=N–C) groups is 1. The van der Waals surface area contributed by atoms with Crippen molar-refractivity contribution in [3.63, 3.8) is 0 Å². The Morgan fingerprint density at radius 1 is 1.42 bits per heavy atom. The van der Waals surface area contributed by atoms with Gasteiger partial charge in [-0.2, -0.15) is 0 Å². The van der Waals surface area contributed by atoms with Crippen molar-refractivity contribution in [1.82, 2.24) is 4.98 Å². The molecular weight excluding hydrogens is 309 g/mol. The number of halogens is 1. The van der Waals surface area contributed by atoms with Crippen LogP contribution in [-0.4, -0.2) is 34.7 Å². The molecule has 0 bridgehead atoms. The van der Waals surface area contributed by atoms with Gasteiger partial charge in [0, 0.05) is 24.0 Å². The number of aromatic nitrogens is 1. The second-order valence-electron chi connectivity index (χ2n) is 5.75. The van der Waals surface area contributed by atoms with Crippen LogP contribution in [0.3, 0.4) is 0 Å². The maximum atomic E-state index is 13.4. The summed E-state index contributed by atoms with van der Waals surface area (Å²) in [6.45, 7) is 4.16. The number of nitrogens with two attached hydrogens (primary N) is 2. The smallest absolute Gasteiger partial charge is 0.144 e. The average molecular weight is 333 g/mol. The van der Waals surface area contributed by atoms with E-state index in [1.54, 1.807) is 12.1 Å². The van der Waals surface area contributed by atoms with E-state index in [0.29, 0.717) is 23.4 Å². The first-order chi connectivity index (χ1) is 11.4. The van der Waals surface area contributed by atoms with Crippen molar-refractivity contribution in [1.29, 1.82) is 0 Å². The van der Waals surface area contributed by atoms with E-state index >= 15 is 0 Å². The standard InChI is InChI=1S/C17H24FN5O/c1-3-13(19)6-7-21-17-14(16(20)22-10(2)24)8-11-4-5-12(18)9-15(11)23-17/h4-5,8-10,13,24H,3,6-7,19H2,1-2H3,(H2,20,22)(H,21,23). The molecule has 0 radical (unpaired) electrons. The van der Waals surface area contributed by atoms with Gasteiger partial charge < -0.3 is 21.9 Å². The molecule has 2 rings (SSSR count). The number of amidine groups is 1. The van der Waals surface area contributed by atoms with Crippen molar-refractivity contribution < 1.29 is 9.50 Å². The van der Waals surface area contributed by atoms with Crippen LogP contribution in [0.5, 0.6) is 0 Å². The largest absolute Gasteiger partial charge is 0.383 e. The minimum atomic E-state index is -0.921. The topological polar surface area (TPSA) is 110 Å². The van der Waals surface area contributed by atoms with Crippen LogP contribution in [-0.2, 0) is 0 Å². The minimum absolute atomic E-state index is 0.0994. The Labute approximate surface area is 140 Å². The molecule has 0 saturated heterocycles. The summed E-state index contributed by atoms with van der Waals surface area (Å²) in [5.74, 6) is 0.316. The van der Waals surface area contributed by atoms with E-state index in [2.05, 4.69) is 15.3 Å². The lowest BCUT2D eigenvalue weighted by Gasteiger charge is -2.14. The summed E-state index contributed by atoms with van der Waals surface area (Å²) < 4.78 is 13.4. The summed E-state index contributed by atoms with van der Waals surface area (Å²) in [5, 5.41) is 13.4. The van der Waals surface area contributed by atoms with Crippen molar-refractivity contribution in [2.24, 2.45) is 16.5 Å². The van der Waals surface area contributed by atoms with Crippen LogP contribution < -0.4 is 16.8 Å². The summed E-state index contributed by atoms with van der Waals surface area (Å²) in [5.41, 5.74) is 13.0. The molecule has 0 fully saturated rings. The highest BCUT2D eigenvalue weighted by Crippen LogP contribution is 2.22. The maximum Gasteiger partial charge on any atom is 0.144 e. The number of nitrogens with one attached hydrogen (secondary N) is 1. The SMILES string of the molecule is CCC(N)CCNc1nc2cc(F)ccc2cc1/C(N)=N/C(C)O. The Kier molecular flexibility index (Phi) is 6.05. The Morgan fingerprint density at radius 3 is 2.83 bits per heavy atom. The van der Waals surface area contributed by atoms with Crippen molar-refractivity contribution in [2.45, 2.75) is 39.0 Å². The van der Waals surface area contributed by atoms with E-state index in [0.717, 1.165) is 18.2 Å². The van der Waals surface area contributed by atoms with Gasteiger partial charge in [0.1, 0.15) is 23.7 Å². The lowest BCUT2D eigenvalue weighted by atomic mass is 10.1. The van der Waals surface area contributed by atoms with Crippen molar-refractivity contribution in [2.75, 3.05) is 11.9 Å². The lowest BCUT2D eigenvalue weighted by molar-refractivity contribution is 0.205. The molecule has 2 aromatic rings. The lowest BCUT2D eigenvalue weighted by Crippen LogP contribution is -2.24. The number of rotatable bonds is 7. The van der Waals surface area contributed by atoms with E-state index in [9.17, 15) is 9.50 Å². The molecule has 1 aromatic heterocycles. The van der Waals surface area contributed by atoms with Crippen molar-refractivity contribution in [3.05, 3.63) is 35.6 Å². The summed E-state index contributed by atoms with van der Waals surface area (Å²) in [6, 6.07) is 6.24. The number of benzene rings is 1. The zero-order chi connectivity index (χ0) is 17.7. The molecule has 2 unspecified atom stereocenters. The van der Waals surface area contributed by atoms with Gasteiger partial charge in [-0.1, -0.05) is 6.92 Å². The molecule has 7 heteroatoms. The molecule has 6 nitrogen and oxygen atoms in total. The maximum absolute atomic E-state index is 13.4. The second kappa shape index (κ2) is 8.03. The molecule has 1 heterocycles. The molecule has 0 aliphatic rings. The van der Waals surface area contributed by atoms with Gasteiger partial charge in [-0.15, -0.1) is 0 Å². The molecule has 1 aromatic carbocycles. The molecule has 0 aliphatic carbocycles. The molecule has 0 aliphatic heterocycles. The number of hydrogen-bond acceptors (Lipinski definition) is 5. The number of nitrogens with zero attached hydrogens (tertiary/aromatic N) is 2. The fraction of sp³-hybridized carbons (Fsp3) is 0.412. The van der Waals surface area contributed by atoms with Crippen molar-refractivity contribution in [3.8, 4) is 0 Å². The molecule has 24 heavy (non-hydrogen) atoms. The van der Waals surface area contributed by atoms with E-state index < -0.39 is 6.23 Å². The number of fused-ring (bicyclic) bond motifs is 1. The van der Waals surface area contributed by atoms with Crippen LogP contribution in [0.2, 0.25) is 0 Å². The predicted molar refractivity (Wildman–Crippen MR) is 95.5 cm³/mol. The highest BCUT2D eigenvalue weighted by atomic mass is 19.1. The van der Waals surface area contributed by atoms with Crippen LogP contribution in [0, 0.1) is 5.82 Å². The van der Waals surface area contributed by atoms with Gasteiger partial charge in [-0.3, -0.25) is 0 Å². The molecule has 6 N–H and O–H groups in total. The molecule has 130 valence electrons. The summed E-state index contributed by atoms with van der Waals surface area (Å²) in [4.78, 5) is 8.42. The van der Waals surface area contributed by atoms with Crippen LogP contribution in [0.15, 0.2) is 29.3 Å². The van der Waals surface area contributed by atoms with Gasteiger partial charge in [-0.05, 0) is 38.0 Å². The summed E-state index contributed by atoms with van der Waals surface area (Å²) in [7, 11) is 0. The Morgan fingerprint density at radius 2 is 2.17 bits per heavy atom. The predicted octanol–water partition coefficient (Wildman–Crippen LogP) is 1.96. The third-order valence-corrected chi connectivity index (χ3v) is 3.71. The minimum Gasteiger partial charge on any atom is -0.383 e. The van der Waals surface area contributed by atoms with Gasteiger partial charge in [0.15, 0.2) is 0 Å². The first-order valence-electron chi connectivity index (χ1n) is 8.02. The molecule has 0 amide bonds. The second-order valence-corrected chi connectivity index (χ2v) is 5.75. The summed E-state index contributed by atoms with van der Waals surface area (Å²) in [6.07, 6.45) is 0.734. The van der Waals surface area contributed by atoms with Crippen LogP contribution >= 0.6 is 0 Å². The summed E-state index contributed by atoms with van der Waals surface area (Å²) >= 11 is 0. The fourth-order valence-corrected chi connectivity index (χ4v) is 2.32. The van der Waals surface area contributed by atoms with Crippen LogP contribution in [0.1, 0.15) is 32.3 Å². The van der Waals surface area contributed by atoms with Crippen LogP contribution in [0.4, 0.5) is 10.2 Å². The van der Waals surface area contributed by atoms with Gasteiger partial charge in [0.05, 0.1) is 11.1 Å². The number of aliphatic hydroxyl groups is 1. The molecule has 0 saturated carbocycles. The van der Waals surface area contributed by atoms with Gasteiger partial charge in [0.25, 0.3) is 0 Å². The van der Waals surface area contributed by atoms with Gasteiger partial charge in [0.2, 0.25) is 0 Å². The highest BCUT2D eigenvalue weighted by molar-refractivity contribution is 6.04. The normalized spacial score (nSPS) is 14.6. The third-order valence-electron chi connectivity index (χ3n) is 3.71. The Balaban J connectivity index is 2.39. The average Bonchev–Trinajstić information content (AvgIpc) is 2.53. The zero-order valence-electron chi connectivity index (χ0n) is 14.0. The number of anilines is 1. The highest BCUT2D eigenvalue weighted by Gasteiger charge is 2.12. The number of aliphatic hydroxyl groups excluding tert-OH is 1. The number of hydrogen-bond donors (Lipinski definition) is 4. The molecule has 0 spiro atoms. The zero-order valence-corrected chi connectivity index (χ0v) is 14.0. The Hall–Kier alpha value is -2.25. The first kappa shape index (κ1) is 18.1. The van der Waals surface area contributed by atoms with E-state index in [1.165, 1.54) is 19.1 Å². The Bertz CT molecular complexity index is 732. The molecular formula is C17H24FN5O. The quantitative estimate of drug-likeness (QED) is 0.457. The fourth-order valence-electron chi connectivity index (χ4n) is 2.32. The van der Waals surface area contributed by atoms with Crippen LogP contribution in [0.25, 0.3) is 10.9 Å². The first-order valence-corrected chi connectivity index (χ1v) is 8.02. The number of pyridine rings is 1. The van der Waals surface area contributed by atoms with Gasteiger partial charge in [-0.25, -0.2) is 14.4 Å².